The number of amides is 3. The third-order valence-electron chi connectivity index (χ3n) is 7.04. The lowest BCUT2D eigenvalue weighted by Crippen LogP contribution is -2.38. The molecule has 1 aliphatic heterocycles. The van der Waals surface area contributed by atoms with Crippen molar-refractivity contribution in [2.24, 2.45) is 23.7 Å². The van der Waals surface area contributed by atoms with Gasteiger partial charge in [0.25, 0.3) is 0 Å². The van der Waals surface area contributed by atoms with E-state index in [1.54, 1.807) is 31.4 Å². The van der Waals surface area contributed by atoms with Crippen LogP contribution in [0.1, 0.15) is 30.9 Å². The van der Waals surface area contributed by atoms with Gasteiger partial charge in [0.05, 0.1) is 31.4 Å². The summed E-state index contributed by atoms with van der Waals surface area (Å²) in [7, 11) is 1.58. The molecule has 2 aromatic rings. The van der Waals surface area contributed by atoms with E-state index in [0.717, 1.165) is 18.4 Å². The molecule has 2 bridgehead atoms. The zero-order valence-electron chi connectivity index (χ0n) is 17.9. The summed E-state index contributed by atoms with van der Waals surface area (Å²) in [4.78, 5) is 41.3. The van der Waals surface area contributed by atoms with Gasteiger partial charge in [-0.1, -0.05) is 42.5 Å². The molecule has 1 heterocycles. The van der Waals surface area contributed by atoms with E-state index >= 15 is 0 Å². The molecule has 6 rings (SSSR count). The van der Waals surface area contributed by atoms with Crippen molar-refractivity contribution in [1.82, 2.24) is 4.90 Å². The van der Waals surface area contributed by atoms with E-state index in [1.807, 2.05) is 30.3 Å². The van der Waals surface area contributed by atoms with Crippen molar-refractivity contribution in [2.45, 2.75) is 25.3 Å². The monoisotopic (exact) mass is 430 g/mol. The summed E-state index contributed by atoms with van der Waals surface area (Å²) in [5.41, 5.74) is 1.43. The number of ether oxygens (including phenoxy) is 1. The van der Waals surface area contributed by atoms with Crippen LogP contribution in [0.2, 0.25) is 0 Å². The molecule has 164 valence electrons. The molecule has 2 fully saturated rings. The highest BCUT2D eigenvalue weighted by atomic mass is 16.5. The summed E-state index contributed by atoms with van der Waals surface area (Å²) >= 11 is 0. The number of anilines is 1. The molecule has 32 heavy (non-hydrogen) atoms. The molecule has 3 amide bonds. The Balaban J connectivity index is 1.41. The van der Waals surface area contributed by atoms with Crippen molar-refractivity contribution < 1.29 is 19.1 Å². The third-order valence-corrected chi connectivity index (χ3v) is 7.04. The molecule has 0 aromatic heterocycles. The van der Waals surface area contributed by atoms with Crippen molar-refractivity contribution >= 4 is 23.4 Å². The van der Waals surface area contributed by atoms with Crippen molar-refractivity contribution in [2.75, 3.05) is 12.4 Å². The van der Waals surface area contributed by atoms with E-state index in [2.05, 4.69) is 17.5 Å². The lowest BCUT2D eigenvalue weighted by molar-refractivity contribution is -0.143. The Labute approximate surface area is 187 Å². The van der Waals surface area contributed by atoms with Gasteiger partial charge in [-0.15, -0.1) is 0 Å². The van der Waals surface area contributed by atoms with Crippen LogP contribution in [0.4, 0.5) is 5.69 Å². The predicted octanol–water partition coefficient (Wildman–Crippen LogP) is 3.96. The summed E-state index contributed by atoms with van der Waals surface area (Å²) in [6, 6.07) is 15.8. The SMILES string of the molecule is COc1ccc(NC(=O)C[C@H](c2ccccc2)N2C(=O)[C@@H]3[C@H](C2=O)[C@H]2C=C[C@H]3CC2)cc1. The molecule has 3 aliphatic carbocycles. The van der Waals surface area contributed by atoms with E-state index in [0.29, 0.717) is 11.4 Å². The largest absolute Gasteiger partial charge is 0.497 e. The normalized spacial score (nSPS) is 26.7. The first-order valence-corrected chi connectivity index (χ1v) is 11.1. The average molecular weight is 431 g/mol. The minimum absolute atomic E-state index is 0.00965. The van der Waals surface area contributed by atoms with Gasteiger partial charge in [0.2, 0.25) is 17.7 Å². The number of nitrogens with one attached hydrogen (secondary N) is 1. The number of fused-ring (bicyclic) bond motifs is 1. The number of carbonyl (C=O) groups is 3. The number of allylic oxidation sites excluding steroid dienone is 2. The van der Waals surface area contributed by atoms with Gasteiger partial charge in [-0.3, -0.25) is 19.3 Å². The number of methoxy groups -OCH3 is 1. The van der Waals surface area contributed by atoms with Crippen LogP contribution in [0.3, 0.4) is 0 Å². The number of likely N-dealkylation sites (tertiary alicyclic amines) is 1. The lowest BCUT2D eigenvalue weighted by Gasteiger charge is -2.38. The van der Waals surface area contributed by atoms with Gasteiger partial charge in [-0.25, -0.2) is 0 Å². The molecular formula is C26H26N2O4. The predicted molar refractivity (Wildman–Crippen MR) is 120 cm³/mol. The van der Waals surface area contributed by atoms with Crippen molar-refractivity contribution in [3.8, 4) is 5.75 Å². The number of hydrogen-bond donors (Lipinski definition) is 1. The number of carbonyl (C=O) groups excluding carboxylic acids is 3. The summed E-state index contributed by atoms with van der Waals surface area (Å²) in [6.07, 6.45) is 6.12. The average Bonchev–Trinajstić information content (AvgIpc) is 3.11. The van der Waals surface area contributed by atoms with Crippen LogP contribution in [0, 0.1) is 23.7 Å². The van der Waals surface area contributed by atoms with Crippen LogP contribution in [-0.2, 0) is 14.4 Å². The Morgan fingerprint density at radius 3 is 2.09 bits per heavy atom. The number of nitrogens with zero attached hydrogens (tertiary/aromatic N) is 1. The smallest absolute Gasteiger partial charge is 0.234 e. The molecule has 2 aromatic carbocycles. The zero-order valence-corrected chi connectivity index (χ0v) is 17.9. The maximum atomic E-state index is 13.5. The van der Waals surface area contributed by atoms with Crippen LogP contribution < -0.4 is 10.1 Å². The minimum atomic E-state index is -0.626. The Kier molecular flexibility index (Phi) is 5.29. The Morgan fingerprint density at radius 1 is 0.969 bits per heavy atom. The highest BCUT2D eigenvalue weighted by molar-refractivity contribution is 6.07. The fraction of sp³-hybridized carbons (Fsp3) is 0.346. The van der Waals surface area contributed by atoms with Gasteiger partial charge in [0.15, 0.2) is 0 Å². The molecule has 1 saturated carbocycles. The van der Waals surface area contributed by atoms with Crippen LogP contribution >= 0.6 is 0 Å². The molecule has 4 aliphatic rings. The summed E-state index contributed by atoms with van der Waals surface area (Å²) < 4.78 is 5.16. The Morgan fingerprint density at radius 2 is 1.56 bits per heavy atom. The summed E-state index contributed by atoms with van der Waals surface area (Å²) in [5, 5.41) is 2.88. The fourth-order valence-electron chi connectivity index (χ4n) is 5.50. The van der Waals surface area contributed by atoms with E-state index in [9.17, 15) is 14.4 Å². The molecule has 0 unspecified atom stereocenters. The molecular weight excluding hydrogens is 404 g/mol. The molecule has 0 radical (unpaired) electrons. The van der Waals surface area contributed by atoms with Gasteiger partial charge in [0.1, 0.15) is 5.75 Å². The van der Waals surface area contributed by atoms with Crippen LogP contribution in [0.5, 0.6) is 5.75 Å². The first-order valence-electron chi connectivity index (χ1n) is 11.1. The number of rotatable bonds is 6. The van der Waals surface area contributed by atoms with Crippen LogP contribution in [0.15, 0.2) is 66.7 Å². The van der Waals surface area contributed by atoms with Gasteiger partial charge in [0, 0.05) is 5.69 Å². The van der Waals surface area contributed by atoms with Crippen molar-refractivity contribution in [3.63, 3.8) is 0 Å². The Hall–Kier alpha value is -3.41. The summed E-state index contributed by atoms with van der Waals surface area (Å²) in [5.74, 6) is -0.156. The highest BCUT2D eigenvalue weighted by Crippen LogP contribution is 2.51. The first kappa shape index (κ1) is 20.5. The molecule has 1 N–H and O–H groups in total. The second-order valence-corrected chi connectivity index (χ2v) is 8.80. The number of imide groups is 1. The van der Waals surface area contributed by atoms with Crippen LogP contribution in [-0.4, -0.2) is 29.7 Å². The summed E-state index contributed by atoms with van der Waals surface area (Å²) in [6.45, 7) is 0. The molecule has 6 nitrogen and oxygen atoms in total. The number of hydrogen-bond acceptors (Lipinski definition) is 4. The number of benzene rings is 2. The van der Waals surface area contributed by atoms with E-state index in [1.165, 1.54) is 4.90 Å². The third kappa shape index (κ3) is 3.49. The van der Waals surface area contributed by atoms with Gasteiger partial charge in [-0.2, -0.15) is 0 Å². The second-order valence-electron chi connectivity index (χ2n) is 8.80. The van der Waals surface area contributed by atoms with Crippen molar-refractivity contribution in [1.29, 1.82) is 0 Å². The standard InChI is InChI=1S/C26H26N2O4/c1-32-20-13-11-19(12-14-20)27-22(29)15-21(16-5-3-2-4-6-16)28-25(30)23-17-7-8-18(10-9-17)24(23)26(28)31/h2-8,11-14,17-18,21,23-24H,9-10,15H2,1H3,(H,27,29)/t17-,18-,21+,23-,24+/m0/s1. The minimum Gasteiger partial charge on any atom is -0.497 e. The highest BCUT2D eigenvalue weighted by Gasteiger charge is 2.58. The van der Waals surface area contributed by atoms with Crippen molar-refractivity contribution in [3.05, 3.63) is 72.3 Å². The zero-order chi connectivity index (χ0) is 22.2. The van der Waals surface area contributed by atoms with Gasteiger partial charge < -0.3 is 10.1 Å². The molecule has 0 spiro atoms. The first-order chi connectivity index (χ1) is 15.6. The maximum Gasteiger partial charge on any atom is 0.234 e. The topological polar surface area (TPSA) is 75.7 Å². The Bertz CT molecular complexity index is 1030. The van der Waals surface area contributed by atoms with E-state index in [-0.39, 0.29) is 47.8 Å². The molecule has 6 heteroatoms. The van der Waals surface area contributed by atoms with E-state index < -0.39 is 6.04 Å². The fourth-order valence-corrected chi connectivity index (χ4v) is 5.50. The second kappa shape index (κ2) is 8.26. The molecule has 1 saturated heterocycles. The van der Waals surface area contributed by atoms with E-state index in [4.69, 9.17) is 4.74 Å². The van der Waals surface area contributed by atoms with Gasteiger partial charge >= 0.3 is 0 Å². The maximum absolute atomic E-state index is 13.5. The lowest BCUT2D eigenvalue weighted by atomic mass is 9.63. The quantitative estimate of drug-likeness (QED) is 0.556. The molecule has 5 atom stereocenters. The van der Waals surface area contributed by atoms with Gasteiger partial charge in [-0.05, 0) is 54.5 Å². The van der Waals surface area contributed by atoms with Crippen LogP contribution in [0.25, 0.3) is 0 Å².